The number of unbranched alkanes of at least 4 members (excludes halogenated alkanes) is 2. The molecule has 40 heavy (non-hydrogen) atoms. The van der Waals surface area contributed by atoms with Crippen LogP contribution in [0.25, 0.3) is 0 Å². The first-order valence-electron chi connectivity index (χ1n) is 14.2. The quantitative estimate of drug-likeness (QED) is 0.310. The molecule has 0 spiro atoms. The van der Waals surface area contributed by atoms with Gasteiger partial charge in [0, 0.05) is 49.1 Å². The number of carboxylic acids is 1. The summed E-state index contributed by atoms with van der Waals surface area (Å²) in [5.41, 5.74) is 2.43. The third-order valence-electron chi connectivity index (χ3n) is 7.80. The van der Waals surface area contributed by atoms with Gasteiger partial charge in [0.15, 0.2) is 11.6 Å². The number of aromatic nitrogens is 1. The molecule has 2 aromatic rings. The molecule has 10 heteroatoms. The number of benzene rings is 1. The molecule has 0 saturated carbocycles. The average Bonchev–Trinajstić information content (AvgIpc) is 3.39. The van der Waals surface area contributed by atoms with Crippen LogP contribution in [0.4, 0.5) is 14.6 Å². The molecule has 220 valence electrons. The summed E-state index contributed by atoms with van der Waals surface area (Å²) in [6, 6.07) is 2.31. The van der Waals surface area contributed by atoms with Gasteiger partial charge in [-0.05, 0) is 56.1 Å². The van der Waals surface area contributed by atoms with Crippen LogP contribution < -0.4 is 14.8 Å². The second-order valence-corrected chi connectivity index (χ2v) is 10.9. The van der Waals surface area contributed by atoms with E-state index >= 15 is 0 Å². The van der Waals surface area contributed by atoms with Crippen molar-refractivity contribution in [3.8, 4) is 11.5 Å². The number of methoxy groups -OCH3 is 2. The lowest BCUT2D eigenvalue weighted by Crippen LogP contribution is -2.34. The number of carbonyl (C=O) groups is 1. The smallest absolute Gasteiger partial charge is 0.325 e. The van der Waals surface area contributed by atoms with Crippen LogP contribution >= 0.6 is 0 Å². The average molecular weight is 562 g/mol. The number of aryl methyl sites for hydroxylation is 1. The van der Waals surface area contributed by atoms with Crippen LogP contribution in [0.1, 0.15) is 80.3 Å². The van der Waals surface area contributed by atoms with E-state index in [1.54, 1.807) is 25.9 Å². The Kier molecular flexibility index (Phi) is 10.2. The molecule has 1 aromatic heterocycles. The third-order valence-corrected chi connectivity index (χ3v) is 7.80. The van der Waals surface area contributed by atoms with E-state index in [4.69, 9.17) is 19.2 Å². The Balaban J connectivity index is 1.29. The SMILES string of the molecule is COc1cc(CCCCCO[C@@H]2CCN([C@@H](C(=O)O)c3cc(C(C)C)c(F)c(F)c3OC)C2)nc2c1CCCN2. The van der Waals surface area contributed by atoms with Gasteiger partial charge in [-0.25, -0.2) is 9.37 Å². The molecule has 0 unspecified atom stereocenters. The van der Waals surface area contributed by atoms with Gasteiger partial charge in [0.05, 0.1) is 20.3 Å². The molecular weight excluding hydrogens is 520 g/mol. The Bertz CT molecular complexity index is 1180. The zero-order chi connectivity index (χ0) is 28.8. The topological polar surface area (TPSA) is 93.2 Å². The third kappa shape index (κ3) is 6.66. The molecule has 1 fully saturated rings. The number of rotatable bonds is 13. The molecule has 0 bridgehead atoms. The molecule has 2 atom stereocenters. The fourth-order valence-corrected chi connectivity index (χ4v) is 5.69. The summed E-state index contributed by atoms with van der Waals surface area (Å²) in [7, 11) is 2.92. The Morgan fingerprint density at radius 1 is 1.15 bits per heavy atom. The number of aliphatic carboxylic acids is 1. The molecular formula is C30H41F2N3O5. The Labute approximate surface area is 235 Å². The first-order valence-corrected chi connectivity index (χ1v) is 14.2. The number of anilines is 1. The van der Waals surface area contributed by atoms with E-state index in [1.165, 1.54) is 13.2 Å². The van der Waals surface area contributed by atoms with Crippen molar-refractivity contribution in [3.05, 3.63) is 46.2 Å². The van der Waals surface area contributed by atoms with E-state index in [0.29, 0.717) is 26.1 Å². The van der Waals surface area contributed by atoms with Gasteiger partial charge in [-0.15, -0.1) is 0 Å². The molecule has 4 rings (SSSR count). The van der Waals surface area contributed by atoms with Crippen molar-refractivity contribution in [1.82, 2.24) is 9.88 Å². The monoisotopic (exact) mass is 561 g/mol. The lowest BCUT2D eigenvalue weighted by molar-refractivity contribution is -0.143. The summed E-state index contributed by atoms with van der Waals surface area (Å²) < 4.78 is 46.2. The van der Waals surface area contributed by atoms with Gasteiger partial charge in [-0.3, -0.25) is 9.69 Å². The van der Waals surface area contributed by atoms with Gasteiger partial charge in [-0.1, -0.05) is 20.3 Å². The van der Waals surface area contributed by atoms with Crippen molar-refractivity contribution in [3.63, 3.8) is 0 Å². The van der Waals surface area contributed by atoms with Gasteiger partial charge in [-0.2, -0.15) is 4.39 Å². The maximum Gasteiger partial charge on any atom is 0.325 e. The molecule has 2 aliphatic rings. The number of hydrogen-bond donors (Lipinski definition) is 2. The minimum absolute atomic E-state index is 0.125. The molecule has 0 amide bonds. The largest absolute Gasteiger partial charge is 0.496 e. The fourth-order valence-electron chi connectivity index (χ4n) is 5.69. The lowest BCUT2D eigenvalue weighted by Gasteiger charge is -2.27. The van der Waals surface area contributed by atoms with E-state index in [2.05, 4.69) is 5.32 Å². The van der Waals surface area contributed by atoms with Crippen LogP contribution in [0.5, 0.6) is 11.5 Å². The number of hydrogen-bond acceptors (Lipinski definition) is 7. The van der Waals surface area contributed by atoms with E-state index < -0.39 is 23.6 Å². The Morgan fingerprint density at radius 2 is 1.95 bits per heavy atom. The van der Waals surface area contributed by atoms with Crippen LogP contribution in [0.3, 0.4) is 0 Å². The molecule has 0 radical (unpaired) electrons. The normalized spacial score (nSPS) is 17.9. The van der Waals surface area contributed by atoms with Crippen molar-refractivity contribution in [2.24, 2.45) is 0 Å². The minimum atomic E-state index is -1.16. The number of nitrogens with zero attached hydrogens (tertiary/aromatic N) is 2. The number of carboxylic acid groups (broad SMARTS) is 1. The van der Waals surface area contributed by atoms with E-state index in [1.807, 2.05) is 6.07 Å². The molecule has 1 aromatic carbocycles. The van der Waals surface area contributed by atoms with E-state index in [9.17, 15) is 18.7 Å². The Hall–Kier alpha value is -2.98. The molecule has 8 nitrogen and oxygen atoms in total. The Morgan fingerprint density at radius 3 is 2.65 bits per heavy atom. The maximum atomic E-state index is 14.8. The standard InChI is InChI=1S/C30H41F2N3O5/c1-18(2)22-16-23(28(39-4)26(32)25(22)31)27(30(36)37)35-13-11-20(17-35)40-14-7-5-6-9-19-15-24(38-3)21-10-8-12-33-29(21)34-19/h15-16,18,20,27H,5-14,17H2,1-4H3,(H,33,34)(H,36,37)/t20-,27-/m1/s1. The number of ether oxygens (including phenoxy) is 3. The second-order valence-electron chi connectivity index (χ2n) is 10.9. The molecule has 2 aliphatic heterocycles. The summed E-state index contributed by atoms with van der Waals surface area (Å²) in [6.45, 7) is 5.85. The van der Waals surface area contributed by atoms with Gasteiger partial charge in [0.25, 0.3) is 0 Å². The van der Waals surface area contributed by atoms with Crippen LogP contribution in [-0.2, 0) is 22.4 Å². The predicted molar refractivity (Wildman–Crippen MR) is 148 cm³/mol. The van der Waals surface area contributed by atoms with Gasteiger partial charge >= 0.3 is 5.97 Å². The summed E-state index contributed by atoms with van der Waals surface area (Å²) in [6.07, 6.45) is 6.30. The number of likely N-dealkylation sites (tertiary alicyclic amines) is 1. The fraction of sp³-hybridized carbons (Fsp3) is 0.600. The van der Waals surface area contributed by atoms with E-state index in [0.717, 1.165) is 67.9 Å². The highest BCUT2D eigenvalue weighted by Crippen LogP contribution is 2.38. The molecule has 3 heterocycles. The highest BCUT2D eigenvalue weighted by molar-refractivity contribution is 5.77. The van der Waals surface area contributed by atoms with Crippen molar-refractivity contribution in [2.75, 3.05) is 45.8 Å². The number of fused-ring (bicyclic) bond motifs is 1. The first kappa shape index (κ1) is 30.0. The zero-order valence-corrected chi connectivity index (χ0v) is 23.9. The molecule has 1 saturated heterocycles. The maximum absolute atomic E-state index is 14.8. The molecule has 0 aliphatic carbocycles. The predicted octanol–water partition coefficient (Wildman–Crippen LogP) is 5.49. The van der Waals surface area contributed by atoms with Gasteiger partial charge in [0.2, 0.25) is 5.82 Å². The van der Waals surface area contributed by atoms with Crippen LogP contribution in [-0.4, -0.2) is 67.5 Å². The van der Waals surface area contributed by atoms with Crippen LogP contribution in [0.2, 0.25) is 0 Å². The zero-order valence-electron chi connectivity index (χ0n) is 23.9. The lowest BCUT2D eigenvalue weighted by atomic mass is 9.95. The van der Waals surface area contributed by atoms with Crippen molar-refractivity contribution in [2.45, 2.75) is 76.9 Å². The molecule has 2 N–H and O–H groups in total. The van der Waals surface area contributed by atoms with Gasteiger partial charge in [0.1, 0.15) is 17.6 Å². The van der Waals surface area contributed by atoms with Crippen molar-refractivity contribution in [1.29, 1.82) is 0 Å². The number of pyridine rings is 1. The number of nitrogens with one attached hydrogen (secondary N) is 1. The highest BCUT2D eigenvalue weighted by Gasteiger charge is 2.37. The summed E-state index contributed by atoms with van der Waals surface area (Å²) in [4.78, 5) is 18.9. The summed E-state index contributed by atoms with van der Waals surface area (Å²) in [5, 5.41) is 13.5. The van der Waals surface area contributed by atoms with Crippen LogP contribution in [0, 0.1) is 11.6 Å². The summed E-state index contributed by atoms with van der Waals surface area (Å²) in [5.74, 6) is -2.12. The minimum Gasteiger partial charge on any atom is -0.496 e. The first-order chi connectivity index (χ1) is 19.2. The second kappa shape index (κ2) is 13.6. The summed E-state index contributed by atoms with van der Waals surface area (Å²) >= 11 is 0. The van der Waals surface area contributed by atoms with Crippen LogP contribution in [0.15, 0.2) is 12.1 Å². The van der Waals surface area contributed by atoms with Crippen molar-refractivity contribution < 1.29 is 32.9 Å². The highest BCUT2D eigenvalue weighted by atomic mass is 19.2. The van der Waals surface area contributed by atoms with Gasteiger partial charge < -0.3 is 24.6 Å². The van der Waals surface area contributed by atoms with E-state index in [-0.39, 0.29) is 28.9 Å². The van der Waals surface area contributed by atoms with Crippen molar-refractivity contribution >= 4 is 11.8 Å². The number of halogens is 2.